The summed E-state index contributed by atoms with van der Waals surface area (Å²) in [5.74, 6) is -1.68. The van der Waals surface area contributed by atoms with E-state index in [2.05, 4.69) is 5.16 Å². The van der Waals surface area contributed by atoms with Crippen LogP contribution in [0, 0.1) is 5.92 Å². The van der Waals surface area contributed by atoms with E-state index in [1.54, 1.807) is 0 Å². The molecule has 0 unspecified atom stereocenters. The molecule has 2 atom stereocenters. The summed E-state index contributed by atoms with van der Waals surface area (Å²) < 4.78 is 25.7. The third-order valence-corrected chi connectivity index (χ3v) is 1.85. The second kappa shape index (κ2) is 3.23. The largest absolute Gasteiger partial charge is 0.411 e. The summed E-state index contributed by atoms with van der Waals surface area (Å²) in [7, 11) is 0. The lowest BCUT2D eigenvalue weighted by molar-refractivity contribution is 0.291. The Labute approximate surface area is 72.8 Å². The van der Waals surface area contributed by atoms with Crippen LogP contribution in [0.25, 0.3) is 0 Å². The first-order chi connectivity index (χ1) is 5.56. The molecule has 5 heteroatoms. The third kappa shape index (κ3) is 1.82. The van der Waals surface area contributed by atoms with Crippen molar-refractivity contribution in [3.8, 4) is 0 Å². The highest BCUT2D eigenvalue weighted by Crippen LogP contribution is 2.33. The Morgan fingerprint density at radius 1 is 1.75 bits per heavy atom. The van der Waals surface area contributed by atoms with E-state index in [-0.39, 0.29) is 0 Å². The van der Waals surface area contributed by atoms with Gasteiger partial charge in [-0.05, 0) is 18.2 Å². The van der Waals surface area contributed by atoms with Crippen LogP contribution >= 0.6 is 11.6 Å². The maximum atomic E-state index is 13.2. The molecule has 0 saturated heterocycles. The zero-order chi connectivity index (χ0) is 9.19. The summed E-state index contributed by atoms with van der Waals surface area (Å²) in [5.41, 5.74) is 0. The van der Waals surface area contributed by atoms with Gasteiger partial charge in [0.25, 0.3) is 0 Å². The van der Waals surface area contributed by atoms with Gasteiger partial charge in [-0.2, -0.15) is 0 Å². The van der Waals surface area contributed by atoms with Crippen LogP contribution in [0.4, 0.5) is 8.78 Å². The van der Waals surface area contributed by atoms with E-state index >= 15 is 0 Å². The summed E-state index contributed by atoms with van der Waals surface area (Å²) in [6.45, 7) is 0. The van der Waals surface area contributed by atoms with Gasteiger partial charge in [0.2, 0.25) is 5.13 Å². The van der Waals surface area contributed by atoms with Crippen molar-refractivity contribution in [2.75, 3.05) is 0 Å². The van der Waals surface area contributed by atoms with Gasteiger partial charge < -0.3 is 5.21 Å². The maximum absolute atomic E-state index is 13.2. The molecule has 0 aromatic carbocycles. The highest BCUT2D eigenvalue weighted by molar-refractivity contribution is 6.25. The van der Waals surface area contributed by atoms with Gasteiger partial charge in [0.05, 0.1) is 12.1 Å². The number of rotatable bonds is 1. The van der Waals surface area contributed by atoms with Gasteiger partial charge in [0.1, 0.15) is 5.83 Å². The standard InChI is InChI=1S/C7H6ClF2NO/c8-7(10)2-1-6(9)3-5(7)4-11-12/h1-5,12H/b11-4-/t5-,7+/m1/s1. The predicted molar refractivity (Wildman–Crippen MR) is 41.8 cm³/mol. The molecule has 0 saturated carbocycles. The first kappa shape index (κ1) is 9.19. The Morgan fingerprint density at radius 3 is 3.00 bits per heavy atom. The van der Waals surface area contributed by atoms with Crippen LogP contribution in [0.5, 0.6) is 0 Å². The first-order valence-corrected chi connectivity index (χ1v) is 3.56. The smallest absolute Gasteiger partial charge is 0.213 e. The molecule has 1 rings (SSSR count). The molecule has 1 aliphatic rings. The second-order valence-electron chi connectivity index (χ2n) is 2.35. The molecule has 1 aliphatic carbocycles. The molecular formula is C7H6ClF2NO. The molecule has 0 spiro atoms. The fourth-order valence-electron chi connectivity index (χ4n) is 0.854. The average molecular weight is 194 g/mol. The van der Waals surface area contributed by atoms with Crippen molar-refractivity contribution in [1.29, 1.82) is 0 Å². The summed E-state index contributed by atoms with van der Waals surface area (Å²) in [6.07, 6.45) is 3.56. The van der Waals surface area contributed by atoms with Gasteiger partial charge in [-0.1, -0.05) is 11.6 Å². The van der Waals surface area contributed by atoms with Gasteiger partial charge in [-0.15, -0.1) is 5.16 Å². The SMILES string of the molecule is O/N=C\[C@H]1C=C(F)C=C[C@@]1(F)Cl. The fourth-order valence-corrected chi connectivity index (χ4v) is 1.04. The van der Waals surface area contributed by atoms with E-state index in [9.17, 15) is 8.78 Å². The topological polar surface area (TPSA) is 32.6 Å². The Kier molecular flexibility index (Phi) is 2.47. The summed E-state index contributed by atoms with van der Waals surface area (Å²) in [5, 5.41) is 8.49. The summed E-state index contributed by atoms with van der Waals surface area (Å²) in [4.78, 5) is 0. The van der Waals surface area contributed by atoms with Crippen LogP contribution in [0.2, 0.25) is 0 Å². The van der Waals surface area contributed by atoms with Gasteiger partial charge in [-0.3, -0.25) is 0 Å². The van der Waals surface area contributed by atoms with Gasteiger partial charge in [0.15, 0.2) is 0 Å². The van der Waals surface area contributed by atoms with Gasteiger partial charge >= 0.3 is 0 Å². The second-order valence-corrected chi connectivity index (χ2v) is 2.93. The number of oxime groups is 1. The minimum Gasteiger partial charge on any atom is -0.411 e. The lowest BCUT2D eigenvalue weighted by Crippen LogP contribution is -2.26. The van der Waals surface area contributed by atoms with Crippen molar-refractivity contribution in [2.45, 2.75) is 5.13 Å². The van der Waals surface area contributed by atoms with Gasteiger partial charge in [0, 0.05) is 0 Å². The van der Waals surface area contributed by atoms with E-state index in [4.69, 9.17) is 16.8 Å². The first-order valence-electron chi connectivity index (χ1n) is 3.18. The van der Waals surface area contributed by atoms with Crippen molar-refractivity contribution >= 4 is 17.8 Å². The molecule has 12 heavy (non-hydrogen) atoms. The van der Waals surface area contributed by atoms with Gasteiger partial charge in [-0.25, -0.2) is 8.78 Å². The van der Waals surface area contributed by atoms with E-state index in [0.29, 0.717) is 0 Å². The molecular weight excluding hydrogens is 188 g/mol. The van der Waals surface area contributed by atoms with E-state index in [0.717, 1.165) is 24.4 Å². The zero-order valence-corrected chi connectivity index (χ0v) is 6.67. The number of hydrogen-bond acceptors (Lipinski definition) is 2. The minimum absolute atomic E-state index is 0.603. The van der Waals surface area contributed by atoms with Crippen molar-refractivity contribution in [3.05, 3.63) is 24.1 Å². The lowest BCUT2D eigenvalue weighted by atomic mass is 9.99. The van der Waals surface area contributed by atoms with Crippen molar-refractivity contribution in [1.82, 2.24) is 0 Å². The molecule has 0 amide bonds. The van der Waals surface area contributed by atoms with Crippen molar-refractivity contribution < 1.29 is 14.0 Å². The third-order valence-electron chi connectivity index (χ3n) is 1.48. The van der Waals surface area contributed by atoms with Crippen LogP contribution in [-0.4, -0.2) is 16.5 Å². The highest BCUT2D eigenvalue weighted by atomic mass is 35.5. The Hall–Kier alpha value is -0.900. The minimum atomic E-state index is -2.21. The van der Waals surface area contributed by atoms with Crippen LogP contribution < -0.4 is 0 Å². The van der Waals surface area contributed by atoms with E-state index in [1.165, 1.54) is 0 Å². The lowest BCUT2D eigenvalue weighted by Gasteiger charge is -2.21. The number of alkyl halides is 2. The molecule has 0 aromatic rings. The molecule has 0 radical (unpaired) electrons. The van der Waals surface area contributed by atoms with E-state index < -0.39 is 16.9 Å². The molecule has 66 valence electrons. The maximum Gasteiger partial charge on any atom is 0.213 e. The fraction of sp³-hybridized carbons (Fsp3) is 0.286. The summed E-state index contributed by atoms with van der Waals surface area (Å²) >= 11 is 5.32. The number of hydrogen-bond donors (Lipinski definition) is 1. The van der Waals surface area contributed by atoms with Crippen LogP contribution in [0.1, 0.15) is 0 Å². The predicted octanol–water partition coefficient (Wildman–Crippen LogP) is 2.39. The molecule has 0 fully saturated rings. The molecule has 0 aromatic heterocycles. The number of allylic oxidation sites excluding steroid dienone is 4. The molecule has 2 nitrogen and oxygen atoms in total. The molecule has 0 aliphatic heterocycles. The zero-order valence-electron chi connectivity index (χ0n) is 5.92. The van der Waals surface area contributed by atoms with Crippen LogP contribution in [-0.2, 0) is 0 Å². The Balaban J connectivity index is 2.90. The highest BCUT2D eigenvalue weighted by Gasteiger charge is 2.34. The quantitative estimate of drug-likeness (QED) is 0.295. The monoisotopic (exact) mass is 193 g/mol. The van der Waals surface area contributed by atoms with Crippen molar-refractivity contribution in [3.63, 3.8) is 0 Å². The number of nitrogens with zero attached hydrogens (tertiary/aromatic N) is 1. The average Bonchev–Trinajstić information content (AvgIpc) is 1.98. The summed E-state index contributed by atoms with van der Waals surface area (Å²) in [6, 6.07) is 0. The molecule has 0 heterocycles. The Bertz CT molecular complexity index is 260. The van der Waals surface area contributed by atoms with Crippen LogP contribution in [0.15, 0.2) is 29.2 Å². The Morgan fingerprint density at radius 2 is 2.42 bits per heavy atom. The van der Waals surface area contributed by atoms with E-state index in [1.807, 2.05) is 0 Å². The van der Waals surface area contributed by atoms with Crippen molar-refractivity contribution in [2.24, 2.45) is 11.1 Å². The molecule has 0 bridgehead atoms. The normalized spacial score (nSPS) is 35.6. The number of halogens is 3. The molecule has 1 N–H and O–H groups in total. The van der Waals surface area contributed by atoms with Crippen LogP contribution in [0.3, 0.4) is 0 Å².